The van der Waals surface area contributed by atoms with Crippen LogP contribution in [-0.2, 0) is 11.2 Å². The van der Waals surface area contributed by atoms with E-state index in [1.54, 1.807) is 19.4 Å². The van der Waals surface area contributed by atoms with Gasteiger partial charge in [-0.15, -0.1) is 0 Å². The molecule has 1 aliphatic heterocycles. The van der Waals surface area contributed by atoms with E-state index < -0.39 is 0 Å². The normalized spacial score (nSPS) is 15.5. The van der Waals surface area contributed by atoms with Gasteiger partial charge in [0.15, 0.2) is 0 Å². The largest absolute Gasteiger partial charge is 0.472 e. The van der Waals surface area contributed by atoms with Crippen molar-refractivity contribution in [2.24, 2.45) is 0 Å². The van der Waals surface area contributed by atoms with Crippen LogP contribution in [-0.4, -0.2) is 43.7 Å². The highest BCUT2D eigenvalue weighted by Gasteiger charge is 2.24. The second-order valence-corrected chi connectivity index (χ2v) is 6.12. The first kappa shape index (κ1) is 16.6. The van der Waals surface area contributed by atoms with Crippen LogP contribution >= 0.6 is 0 Å². The molecule has 1 aromatic heterocycles. The zero-order valence-electron chi connectivity index (χ0n) is 14.0. The number of likely N-dealkylation sites (tertiary alicyclic amines) is 1. The summed E-state index contributed by atoms with van der Waals surface area (Å²) in [6.07, 6.45) is 5.85. The van der Waals surface area contributed by atoms with Crippen molar-refractivity contribution in [1.82, 2.24) is 4.90 Å². The van der Waals surface area contributed by atoms with Gasteiger partial charge in [0.25, 0.3) is 5.91 Å². The molecule has 2 heterocycles. The minimum absolute atomic E-state index is 0.0581. The van der Waals surface area contributed by atoms with Gasteiger partial charge in [-0.25, -0.2) is 0 Å². The molecule has 0 atom stereocenters. The van der Waals surface area contributed by atoms with Gasteiger partial charge >= 0.3 is 0 Å². The third-order valence-electron chi connectivity index (χ3n) is 4.50. The van der Waals surface area contributed by atoms with Crippen molar-refractivity contribution >= 4 is 11.6 Å². The van der Waals surface area contributed by atoms with Crippen molar-refractivity contribution < 1.29 is 13.9 Å². The van der Waals surface area contributed by atoms with Crippen LogP contribution in [0.5, 0.6) is 0 Å². The van der Waals surface area contributed by atoms with Gasteiger partial charge in [-0.3, -0.25) is 4.79 Å². The number of furan rings is 1. The summed E-state index contributed by atoms with van der Waals surface area (Å²) in [5, 5.41) is 3.64. The maximum absolute atomic E-state index is 12.3. The lowest BCUT2D eigenvalue weighted by molar-refractivity contribution is 0.0717. The number of methoxy groups -OCH3 is 1. The first-order valence-corrected chi connectivity index (χ1v) is 8.43. The predicted octanol–water partition coefficient (Wildman–Crippen LogP) is 3.19. The molecule has 0 bridgehead atoms. The standard InChI is InChI=1S/C19H24N2O3/c1-23-12-8-15-4-2-3-5-18(15)20-17-6-10-21(11-7-17)19(22)16-9-13-24-14-16/h2-5,9,13-14,17,20H,6-8,10-12H2,1H3. The van der Waals surface area contributed by atoms with Crippen LogP contribution in [0.4, 0.5) is 5.69 Å². The number of hydrogen-bond donors (Lipinski definition) is 1. The van der Waals surface area contributed by atoms with E-state index in [1.807, 2.05) is 4.90 Å². The Labute approximate surface area is 142 Å². The lowest BCUT2D eigenvalue weighted by atomic mass is 10.0. The molecule has 0 spiro atoms. The number of amides is 1. The molecule has 2 aromatic rings. The van der Waals surface area contributed by atoms with E-state index in [0.717, 1.165) is 39.0 Å². The van der Waals surface area contributed by atoms with E-state index >= 15 is 0 Å². The Morgan fingerprint density at radius 2 is 2.08 bits per heavy atom. The number of carbonyl (C=O) groups excluding carboxylic acids is 1. The monoisotopic (exact) mass is 328 g/mol. The summed E-state index contributed by atoms with van der Waals surface area (Å²) in [5.74, 6) is 0.0581. The van der Waals surface area contributed by atoms with E-state index in [4.69, 9.17) is 9.15 Å². The van der Waals surface area contributed by atoms with Crippen molar-refractivity contribution in [3.8, 4) is 0 Å². The molecule has 0 aliphatic carbocycles. The predicted molar refractivity (Wildman–Crippen MR) is 93.3 cm³/mol. The fraction of sp³-hybridized carbons (Fsp3) is 0.421. The lowest BCUT2D eigenvalue weighted by Gasteiger charge is -2.33. The van der Waals surface area contributed by atoms with E-state index in [2.05, 4.69) is 29.6 Å². The second-order valence-electron chi connectivity index (χ2n) is 6.12. The summed E-state index contributed by atoms with van der Waals surface area (Å²) in [7, 11) is 1.72. The maximum atomic E-state index is 12.3. The molecule has 1 fully saturated rings. The van der Waals surface area contributed by atoms with Gasteiger partial charge in [-0.2, -0.15) is 0 Å². The zero-order chi connectivity index (χ0) is 16.8. The Morgan fingerprint density at radius 3 is 2.79 bits per heavy atom. The number of ether oxygens (including phenoxy) is 1. The summed E-state index contributed by atoms with van der Waals surface area (Å²) in [6.45, 7) is 2.25. The number of carbonyl (C=O) groups is 1. The number of nitrogens with one attached hydrogen (secondary N) is 1. The first-order chi connectivity index (χ1) is 11.8. The topological polar surface area (TPSA) is 54.7 Å². The third-order valence-corrected chi connectivity index (χ3v) is 4.50. The van der Waals surface area contributed by atoms with E-state index in [0.29, 0.717) is 11.6 Å². The highest BCUT2D eigenvalue weighted by atomic mass is 16.5. The van der Waals surface area contributed by atoms with Crippen LogP contribution in [0.3, 0.4) is 0 Å². The minimum Gasteiger partial charge on any atom is -0.472 e. The average Bonchev–Trinajstić information content (AvgIpc) is 3.16. The van der Waals surface area contributed by atoms with Gasteiger partial charge < -0.3 is 19.4 Å². The van der Waals surface area contributed by atoms with Crippen molar-refractivity contribution in [3.05, 3.63) is 54.0 Å². The first-order valence-electron chi connectivity index (χ1n) is 8.43. The molecule has 0 radical (unpaired) electrons. The summed E-state index contributed by atoms with van der Waals surface area (Å²) in [4.78, 5) is 14.2. The summed E-state index contributed by atoms with van der Waals surface area (Å²) in [6, 6.07) is 10.5. The number of piperidine rings is 1. The second kappa shape index (κ2) is 8.02. The molecule has 0 saturated carbocycles. The molecule has 5 heteroatoms. The molecule has 1 aliphatic rings. The van der Waals surface area contributed by atoms with Crippen molar-refractivity contribution in [3.63, 3.8) is 0 Å². The van der Waals surface area contributed by atoms with Gasteiger partial charge in [0.1, 0.15) is 6.26 Å². The molecule has 1 N–H and O–H groups in total. The van der Waals surface area contributed by atoms with Crippen molar-refractivity contribution in [2.75, 3.05) is 32.1 Å². The van der Waals surface area contributed by atoms with Crippen LogP contribution in [0.15, 0.2) is 47.3 Å². The Hall–Kier alpha value is -2.27. The van der Waals surface area contributed by atoms with Crippen LogP contribution in [0.1, 0.15) is 28.8 Å². The zero-order valence-corrected chi connectivity index (χ0v) is 14.0. The van der Waals surface area contributed by atoms with Gasteiger partial charge in [0.05, 0.1) is 18.4 Å². The molecule has 0 unspecified atom stereocenters. The van der Waals surface area contributed by atoms with Gasteiger partial charge in [0, 0.05) is 31.9 Å². The van der Waals surface area contributed by atoms with E-state index in [1.165, 1.54) is 17.5 Å². The van der Waals surface area contributed by atoms with E-state index in [9.17, 15) is 4.79 Å². The third kappa shape index (κ3) is 3.97. The van der Waals surface area contributed by atoms with Crippen LogP contribution < -0.4 is 5.32 Å². The number of para-hydroxylation sites is 1. The fourth-order valence-electron chi connectivity index (χ4n) is 3.11. The molecular formula is C19H24N2O3. The van der Waals surface area contributed by atoms with Crippen LogP contribution in [0.25, 0.3) is 0 Å². The molecule has 1 saturated heterocycles. The quantitative estimate of drug-likeness (QED) is 0.885. The summed E-state index contributed by atoms with van der Waals surface area (Å²) in [5.41, 5.74) is 3.08. The Balaban J connectivity index is 1.55. The molecule has 5 nitrogen and oxygen atoms in total. The Bertz CT molecular complexity index is 646. The maximum Gasteiger partial charge on any atom is 0.257 e. The Morgan fingerprint density at radius 1 is 1.29 bits per heavy atom. The van der Waals surface area contributed by atoms with Gasteiger partial charge in [-0.1, -0.05) is 18.2 Å². The van der Waals surface area contributed by atoms with Crippen molar-refractivity contribution in [1.29, 1.82) is 0 Å². The molecule has 24 heavy (non-hydrogen) atoms. The number of nitrogens with zero attached hydrogens (tertiary/aromatic N) is 1. The number of hydrogen-bond acceptors (Lipinski definition) is 4. The highest BCUT2D eigenvalue weighted by molar-refractivity contribution is 5.93. The molecule has 3 rings (SSSR count). The lowest BCUT2D eigenvalue weighted by Crippen LogP contribution is -2.42. The number of rotatable bonds is 6. The molecule has 1 aromatic carbocycles. The fourth-order valence-corrected chi connectivity index (χ4v) is 3.11. The smallest absolute Gasteiger partial charge is 0.257 e. The van der Waals surface area contributed by atoms with Crippen LogP contribution in [0, 0.1) is 0 Å². The molecule has 128 valence electrons. The van der Waals surface area contributed by atoms with Gasteiger partial charge in [0.2, 0.25) is 0 Å². The van der Waals surface area contributed by atoms with Gasteiger partial charge in [-0.05, 0) is 37.0 Å². The number of benzene rings is 1. The Kier molecular flexibility index (Phi) is 5.54. The highest BCUT2D eigenvalue weighted by Crippen LogP contribution is 2.21. The van der Waals surface area contributed by atoms with Crippen molar-refractivity contribution in [2.45, 2.75) is 25.3 Å². The summed E-state index contributed by atoms with van der Waals surface area (Å²) < 4.78 is 10.2. The molecule has 1 amide bonds. The molecular weight excluding hydrogens is 304 g/mol. The number of anilines is 1. The average molecular weight is 328 g/mol. The summed E-state index contributed by atoms with van der Waals surface area (Å²) >= 11 is 0. The minimum atomic E-state index is 0.0581. The van der Waals surface area contributed by atoms with Crippen LogP contribution in [0.2, 0.25) is 0 Å². The van der Waals surface area contributed by atoms with E-state index in [-0.39, 0.29) is 5.91 Å². The SMILES string of the molecule is COCCc1ccccc1NC1CCN(C(=O)c2ccoc2)CC1.